The number of nitrogens with zero attached hydrogens (tertiary/aromatic N) is 4. The molecule has 28 heavy (non-hydrogen) atoms. The van der Waals surface area contributed by atoms with Gasteiger partial charge in [0.15, 0.2) is 5.96 Å². The summed E-state index contributed by atoms with van der Waals surface area (Å²) >= 11 is 3.44. The summed E-state index contributed by atoms with van der Waals surface area (Å²) in [4.78, 5) is 18.0. The summed E-state index contributed by atoms with van der Waals surface area (Å²) in [6.45, 7) is 6.38. The van der Waals surface area contributed by atoms with E-state index in [1.54, 1.807) is 19.0 Å². The third-order valence-electron chi connectivity index (χ3n) is 4.18. The average Bonchev–Trinajstić information content (AvgIpc) is 2.98. The molecule has 2 N–H and O–H groups in total. The molecule has 0 aliphatic rings. The Morgan fingerprint density at radius 1 is 1.21 bits per heavy atom. The van der Waals surface area contributed by atoms with Crippen molar-refractivity contribution in [1.29, 1.82) is 0 Å². The molecule has 0 bridgehead atoms. The van der Waals surface area contributed by atoms with Gasteiger partial charge >= 0.3 is 0 Å². The van der Waals surface area contributed by atoms with Gasteiger partial charge in [-0.3, -0.25) is 9.48 Å². The van der Waals surface area contributed by atoms with Crippen LogP contribution in [0.15, 0.2) is 39.8 Å². The second kappa shape index (κ2) is 10.8. The summed E-state index contributed by atoms with van der Waals surface area (Å²) in [6, 6.07) is 10.1. The smallest absolute Gasteiger partial charge is 0.241 e. The molecule has 0 radical (unpaired) electrons. The van der Waals surface area contributed by atoms with Crippen LogP contribution in [0, 0.1) is 13.8 Å². The topological polar surface area (TPSA) is 74.6 Å². The van der Waals surface area contributed by atoms with Crippen molar-refractivity contribution in [1.82, 2.24) is 25.3 Å². The Hall–Kier alpha value is -2.35. The number of guanidine groups is 1. The maximum atomic E-state index is 11.9. The number of likely N-dealkylation sites (N-methyl/N-ethyl adjacent to an activating group) is 1. The van der Waals surface area contributed by atoms with Crippen molar-refractivity contribution in [2.75, 3.05) is 27.2 Å². The minimum Gasteiger partial charge on any atom is -0.356 e. The zero-order valence-electron chi connectivity index (χ0n) is 17.0. The number of nitrogens with one attached hydrogen (secondary N) is 2. The Balaban J connectivity index is 1.90. The minimum absolute atomic E-state index is 0.000725. The number of hydrogen-bond acceptors (Lipinski definition) is 3. The van der Waals surface area contributed by atoms with Gasteiger partial charge in [0.1, 0.15) is 0 Å². The molecule has 0 saturated heterocycles. The predicted octanol–water partition coefficient (Wildman–Crippen LogP) is 2.48. The first-order valence-corrected chi connectivity index (χ1v) is 10.1. The Morgan fingerprint density at radius 3 is 2.54 bits per heavy atom. The molecule has 2 rings (SSSR count). The summed E-state index contributed by atoms with van der Waals surface area (Å²) in [7, 11) is 3.48. The third-order valence-corrected chi connectivity index (χ3v) is 4.71. The highest BCUT2D eigenvalue weighted by molar-refractivity contribution is 9.10. The van der Waals surface area contributed by atoms with Gasteiger partial charge in [0.2, 0.25) is 5.91 Å². The van der Waals surface area contributed by atoms with Gasteiger partial charge < -0.3 is 15.5 Å². The van der Waals surface area contributed by atoms with Crippen LogP contribution in [0.5, 0.6) is 0 Å². The molecule has 0 atom stereocenters. The molecule has 7 nitrogen and oxygen atoms in total. The van der Waals surface area contributed by atoms with E-state index in [1.165, 1.54) is 0 Å². The second-order valence-corrected chi connectivity index (χ2v) is 7.78. The number of aromatic nitrogens is 2. The fourth-order valence-electron chi connectivity index (χ4n) is 2.59. The number of halogens is 1. The predicted molar refractivity (Wildman–Crippen MR) is 116 cm³/mol. The van der Waals surface area contributed by atoms with Crippen molar-refractivity contribution in [3.05, 3.63) is 51.8 Å². The van der Waals surface area contributed by atoms with Crippen molar-refractivity contribution in [3.63, 3.8) is 0 Å². The summed E-state index contributed by atoms with van der Waals surface area (Å²) in [5.74, 6) is 0.632. The van der Waals surface area contributed by atoms with Crippen LogP contribution in [-0.4, -0.2) is 53.7 Å². The van der Waals surface area contributed by atoms with Crippen LogP contribution in [0.1, 0.15) is 23.4 Å². The van der Waals surface area contributed by atoms with Gasteiger partial charge in [-0.1, -0.05) is 28.1 Å². The standard InChI is InChI=1S/C20H29BrN6O/c1-15-12-16(2)27(25-15)11-5-10-22-20(24-14-19(28)26(3)4)23-13-17-6-8-18(21)9-7-17/h6-9,12H,5,10-11,13-14H2,1-4H3,(H2,22,23,24). The molecular weight excluding hydrogens is 420 g/mol. The Labute approximate surface area is 175 Å². The fourth-order valence-corrected chi connectivity index (χ4v) is 2.85. The van der Waals surface area contributed by atoms with E-state index in [4.69, 9.17) is 0 Å². The van der Waals surface area contributed by atoms with Crippen LogP contribution in [0.4, 0.5) is 0 Å². The quantitative estimate of drug-likeness (QED) is 0.369. The number of amides is 1. The normalized spacial score (nSPS) is 11.4. The first-order valence-electron chi connectivity index (χ1n) is 9.33. The molecule has 0 spiro atoms. The number of carbonyl (C=O) groups excluding carboxylic acids is 1. The van der Waals surface area contributed by atoms with Gasteiger partial charge in [0.25, 0.3) is 0 Å². The zero-order valence-corrected chi connectivity index (χ0v) is 18.6. The molecule has 8 heteroatoms. The first kappa shape index (κ1) is 21.9. The van der Waals surface area contributed by atoms with Crippen LogP contribution < -0.4 is 10.6 Å². The monoisotopic (exact) mass is 448 g/mol. The van der Waals surface area contributed by atoms with Crippen molar-refractivity contribution in [2.24, 2.45) is 4.99 Å². The van der Waals surface area contributed by atoms with Crippen LogP contribution in [-0.2, 0) is 17.9 Å². The van der Waals surface area contributed by atoms with Crippen molar-refractivity contribution in [2.45, 2.75) is 33.4 Å². The Bertz CT molecular complexity index is 798. The van der Waals surface area contributed by atoms with Crippen molar-refractivity contribution >= 4 is 27.8 Å². The number of hydrogen-bond donors (Lipinski definition) is 2. The lowest BCUT2D eigenvalue weighted by molar-refractivity contribution is -0.127. The maximum absolute atomic E-state index is 11.9. The van der Waals surface area contributed by atoms with Gasteiger partial charge in [-0.15, -0.1) is 0 Å². The van der Waals surface area contributed by atoms with Crippen LogP contribution >= 0.6 is 15.9 Å². The Morgan fingerprint density at radius 2 is 1.93 bits per heavy atom. The molecule has 0 aliphatic heterocycles. The highest BCUT2D eigenvalue weighted by atomic mass is 79.9. The summed E-state index contributed by atoms with van der Waals surface area (Å²) in [5, 5.41) is 10.9. The van der Waals surface area contributed by atoms with E-state index in [1.807, 2.05) is 35.9 Å². The molecule has 1 aromatic heterocycles. The zero-order chi connectivity index (χ0) is 20.5. The Kier molecular flexibility index (Phi) is 8.50. The second-order valence-electron chi connectivity index (χ2n) is 6.86. The van der Waals surface area contributed by atoms with E-state index in [2.05, 4.69) is 49.6 Å². The average molecular weight is 449 g/mol. The lowest BCUT2D eigenvalue weighted by atomic mass is 10.2. The molecule has 0 saturated carbocycles. The van der Waals surface area contributed by atoms with Crippen LogP contribution in [0.3, 0.4) is 0 Å². The molecule has 2 aromatic rings. The van der Waals surface area contributed by atoms with Gasteiger partial charge in [0, 0.05) is 37.4 Å². The summed E-state index contributed by atoms with van der Waals surface area (Å²) < 4.78 is 3.05. The maximum Gasteiger partial charge on any atom is 0.241 e. The lowest BCUT2D eigenvalue weighted by Gasteiger charge is -2.15. The summed E-state index contributed by atoms with van der Waals surface area (Å²) in [6.07, 6.45) is 0.905. The highest BCUT2D eigenvalue weighted by Crippen LogP contribution is 2.11. The number of aliphatic imine (C=N–C) groups is 1. The lowest BCUT2D eigenvalue weighted by Crippen LogP contribution is -2.43. The van der Waals surface area contributed by atoms with E-state index in [0.29, 0.717) is 12.5 Å². The van der Waals surface area contributed by atoms with Gasteiger partial charge in [-0.05, 0) is 44.0 Å². The number of benzene rings is 1. The summed E-state index contributed by atoms with van der Waals surface area (Å²) in [5.41, 5.74) is 3.30. The SMILES string of the molecule is Cc1cc(C)n(CCCNC(=NCc2ccc(Br)cc2)NCC(=O)N(C)C)n1. The van der Waals surface area contributed by atoms with Gasteiger partial charge in [0.05, 0.1) is 18.8 Å². The number of carbonyl (C=O) groups is 1. The molecule has 0 unspecified atom stereocenters. The van der Waals surface area contributed by atoms with E-state index in [0.717, 1.165) is 40.9 Å². The van der Waals surface area contributed by atoms with Gasteiger partial charge in [-0.2, -0.15) is 5.10 Å². The third kappa shape index (κ3) is 7.34. The molecule has 0 aliphatic carbocycles. The highest BCUT2D eigenvalue weighted by Gasteiger charge is 2.06. The number of rotatable bonds is 8. The first-order chi connectivity index (χ1) is 13.3. The molecular formula is C20H29BrN6O. The molecule has 1 aromatic carbocycles. The van der Waals surface area contributed by atoms with E-state index in [-0.39, 0.29) is 12.5 Å². The van der Waals surface area contributed by atoms with Crippen LogP contribution in [0.25, 0.3) is 0 Å². The number of aryl methyl sites for hydroxylation is 3. The van der Waals surface area contributed by atoms with Crippen LogP contribution in [0.2, 0.25) is 0 Å². The molecule has 1 heterocycles. The largest absolute Gasteiger partial charge is 0.356 e. The van der Waals surface area contributed by atoms with E-state index < -0.39 is 0 Å². The molecule has 0 fully saturated rings. The van der Waals surface area contributed by atoms with Crippen molar-refractivity contribution < 1.29 is 4.79 Å². The fraction of sp³-hybridized carbons (Fsp3) is 0.450. The minimum atomic E-state index is 0.000725. The molecule has 1 amide bonds. The van der Waals surface area contributed by atoms with E-state index >= 15 is 0 Å². The van der Waals surface area contributed by atoms with E-state index in [9.17, 15) is 4.79 Å². The van der Waals surface area contributed by atoms with Gasteiger partial charge in [-0.25, -0.2) is 4.99 Å². The van der Waals surface area contributed by atoms with Crippen molar-refractivity contribution in [3.8, 4) is 0 Å². The molecule has 152 valence electrons.